The van der Waals surface area contributed by atoms with E-state index in [2.05, 4.69) is 0 Å². The van der Waals surface area contributed by atoms with Gasteiger partial charge in [0.2, 0.25) is 0 Å². The molecule has 2 aromatic carbocycles. The van der Waals surface area contributed by atoms with Crippen LogP contribution in [0.3, 0.4) is 0 Å². The number of hydrogen-bond donors (Lipinski definition) is 1. The number of benzene rings is 2. The normalized spacial score (nSPS) is 11.8. The number of hydrogen-bond acceptors (Lipinski definition) is 3. The van der Waals surface area contributed by atoms with Gasteiger partial charge in [-0.1, -0.05) is 6.07 Å². The molecule has 1 atom stereocenters. The molecule has 0 saturated carbocycles. The Labute approximate surface area is 114 Å². The van der Waals surface area contributed by atoms with Crippen molar-refractivity contribution in [2.24, 2.45) is 0 Å². The molecule has 1 N–H and O–H groups in total. The van der Waals surface area contributed by atoms with Crippen molar-refractivity contribution >= 4 is 0 Å². The Kier molecular flexibility index (Phi) is 3.97. The molecule has 2 aromatic rings. The maximum absolute atomic E-state index is 13.1. The van der Waals surface area contributed by atoms with Gasteiger partial charge in [-0.05, 0) is 31.2 Å². The molecule has 5 heteroatoms. The van der Waals surface area contributed by atoms with Crippen LogP contribution in [0.1, 0.15) is 24.2 Å². The number of nitrogens with zero attached hydrogens (tertiary/aromatic N) is 1. The first-order chi connectivity index (χ1) is 9.51. The minimum Gasteiger partial charge on any atom is -0.457 e. The van der Waals surface area contributed by atoms with Crippen LogP contribution in [0.4, 0.5) is 8.78 Å². The van der Waals surface area contributed by atoms with E-state index < -0.39 is 17.7 Å². The number of aliphatic hydroxyl groups excluding tert-OH is 1. The Morgan fingerprint density at radius 1 is 1.15 bits per heavy atom. The summed E-state index contributed by atoms with van der Waals surface area (Å²) in [4.78, 5) is 0. The summed E-state index contributed by atoms with van der Waals surface area (Å²) in [5.41, 5.74) is 0.792. The molecule has 0 amide bonds. The van der Waals surface area contributed by atoms with Gasteiger partial charge < -0.3 is 9.84 Å². The molecule has 0 saturated heterocycles. The van der Waals surface area contributed by atoms with Gasteiger partial charge in [0.1, 0.15) is 11.5 Å². The molecule has 0 radical (unpaired) electrons. The number of aliphatic hydroxyl groups is 1. The second-order valence-electron chi connectivity index (χ2n) is 4.22. The minimum atomic E-state index is -1.03. The van der Waals surface area contributed by atoms with E-state index in [1.165, 1.54) is 12.1 Å². The van der Waals surface area contributed by atoms with Gasteiger partial charge >= 0.3 is 0 Å². The van der Waals surface area contributed by atoms with E-state index in [1.54, 1.807) is 19.1 Å². The summed E-state index contributed by atoms with van der Waals surface area (Å²) < 4.78 is 31.4. The second kappa shape index (κ2) is 5.68. The minimum absolute atomic E-state index is 0.0842. The first-order valence-corrected chi connectivity index (χ1v) is 5.86. The topological polar surface area (TPSA) is 53.2 Å². The average Bonchev–Trinajstić information content (AvgIpc) is 2.42. The zero-order valence-electron chi connectivity index (χ0n) is 10.6. The summed E-state index contributed by atoms with van der Waals surface area (Å²) in [7, 11) is 0. The van der Waals surface area contributed by atoms with Crippen LogP contribution in [0.15, 0.2) is 36.4 Å². The zero-order valence-corrected chi connectivity index (χ0v) is 10.6. The summed E-state index contributed by atoms with van der Waals surface area (Å²) in [5.74, 6) is -1.69. The molecule has 102 valence electrons. The molecule has 0 spiro atoms. The fourth-order valence-corrected chi connectivity index (χ4v) is 1.70. The van der Waals surface area contributed by atoms with Gasteiger partial charge in [-0.3, -0.25) is 0 Å². The third-order valence-corrected chi connectivity index (χ3v) is 2.71. The van der Waals surface area contributed by atoms with Crippen molar-refractivity contribution in [2.75, 3.05) is 0 Å². The fourth-order valence-electron chi connectivity index (χ4n) is 1.70. The summed E-state index contributed by atoms with van der Waals surface area (Å²) in [5, 5.41) is 18.5. The SMILES string of the molecule is C[C@@H](O)c1ccc(C#N)cc1Oc1ccc(F)c(F)c1. The molecule has 0 unspecified atom stereocenters. The second-order valence-corrected chi connectivity index (χ2v) is 4.22. The van der Waals surface area contributed by atoms with E-state index in [-0.39, 0.29) is 11.5 Å². The van der Waals surface area contributed by atoms with Gasteiger partial charge in [0.25, 0.3) is 0 Å². The van der Waals surface area contributed by atoms with E-state index in [0.717, 1.165) is 12.1 Å². The van der Waals surface area contributed by atoms with Crippen LogP contribution in [0.25, 0.3) is 0 Å². The zero-order chi connectivity index (χ0) is 14.7. The third-order valence-electron chi connectivity index (χ3n) is 2.71. The van der Waals surface area contributed by atoms with Crippen molar-refractivity contribution in [1.82, 2.24) is 0 Å². The van der Waals surface area contributed by atoms with Crippen LogP contribution in [0.2, 0.25) is 0 Å². The maximum atomic E-state index is 13.1. The smallest absolute Gasteiger partial charge is 0.162 e. The van der Waals surface area contributed by atoms with Crippen molar-refractivity contribution in [3.63, 3.8) is 0 Å². The molecule has 0 aromatic heterocycles. The molecule has 0 aliphatic carbocycles. The summed E-state index contributed by atoms with van der Waals surface area (Å²) in [6.45, 7) is 1.54. The summed E-state index contributed by atoms with van der Waals surface area (Å²) in [6.07, 6.45) is -0.817. The lowest BCUT2D eigenvalue weighted by Crippen LogP contribution is -1.97. The molecule has 0 heterocycles. The first-order valence-electron chi connectivity index (χ1n) is 5.86. The molecule has 0 bridgehead atoms. The van der Waals surface area contributed by atoms with Gasteiger partial charge in [0.05, 0.1) is 17.7 Å². The third kappa shape index (κ3) is 2.92. The quantitative estimate of drug-likeness (QED) is 0.929. The van der Waals surface area contributed by atoms with Gasteiger partial charge in [-0.25, -0.2) is 8.78 Å². The molecular formula is C15H11F2NO2. The lowest BCUT2D eigenvalue weighted by molar-refractivity contribution is 0.195. The molecule has 0 fully saturated rings. The van der Waals surface area contributed by atoms with Crippen molar-refractivity contribution in [3.05, 3.63) is 59.2 Å². The molecule has 2 rings (SSSR count). The van der Waals surface area contributed by atoms with Crippen LogP contribution < -0.4 is 4.74 Å². The van der Waals surface area contributed by atoms with Crippen molar-refractivity contribution in [3.8, 4) is 17.6 Å². The number of nitriles is 1. The molecular weight excluding hydrogens is 264 g/mol. The standard InChI is InChI=1S/C15H11F2NO2/c1-9(19)12-4-2-10(8-18)6-15(12)20-11-3-5-13(16)14(17)7-11/h2-7,9,19H,1H3/t9-/m1/s1. The van der Waals surface area contributed by atoms with Crippen LogP contribution in [0, 0.1) is 23.0 Å². The van der Waals surface area contributed by atoms with E-state index >= 15 is 0 Å². The number of halogens is 2. The van der Waals surface area contributed by atoms with E-state index in [4.69, 9.17) is 10.00 Å². The largest absolute Gasteiger partial charge is 0.457 e. The Balaban J connectivity index is 2.40. The van der Waals surface area contributed by atoms with Crippen LogP contribution >= 0.6 is 0 Å². The highest BCUT2D eigenvalue weighted by Gasteiger charge is 2.12. The highest BCUT2D eigenvalue weighted by atomic mass is 19.2. The van der Waals surface area contributed by atoms with Crippen LogP contribution in [0.5, 0.6) is 11.5 Å². The van der Waals surface area contributed by atoms with E-state index in [9.17, 15) is 13.9 Å². The van der Waals surface area contributed by atoms with Crippen molar-refractivity contribution < 1.29 is 18.6 Å². The van der Waals surface area contributed by atoms with E-state index in [1.807, 2.05) is 6.07 Å². The van der Waals surface area contributed by atoms with Gasteiger partial charge in [-0.15, -0.1) is 0 Å². The Hall–Kier alpha value is -2.45. The highest BCUT2D eigenvalue weighted by molar-refractivity contribution is 5.45. The van der Waals surface area contributed by atoms with Gasteiger partial charge in [-0.2, -0.15) is 5.26 Å². The highest BCUT2D eigenvalue weighted by Crippen LogP contribution is 2.31. The van der Waals surface area contributed by atoms with Crippen LogP contribution in [-0.4, -0.2) is 5.11 Å². The molecule has 20 heavy (non-hydrogen) atoms. The van der Waals surface area contributed by atoms with Crippen molar-refractivity contribution in [1.29, 1.82) is 5.26 Å². The summed E-state index contributed by atoms with van der Waals surface area (Å²) in [6, 6.07) is 9.59. The average molecular weight is 275 g/mol. The Bertz CT molecular complexity index is 678. The monoisotopic (exact) mass is 275 g/mol. The van der Waals surface area contributed by atoms with Crippen molar-refractivity contribution in [2.45, 2.75) is 13.0 Å². The van der Waals surface area contributed by atoms with Gasteiger partial charge in [0.15, 0.2) is 11.6 Å². The van der Waals surface area contributed by atoms with Crippen LogP contribution in [-0.2, 0) is 0 Å². The maximum Gasteiger partial charge on any atom is 0.162 e. The fraction of sp³-hybridized carbons (Fsp3) is 0.133. The number of ether oxygens (including phenoxy) is 1. The Morgan fingerprint density at radius 2 is 1.90 bits per heavy atom. The van der Waals surface area contributed by atoms with E-state index in [0.29, 0.717) is 11.1 Å². The molecule has 0 aliphatic heterocycles. The Morgan fingerprint density at radius 3 is 2.50 bits per heavy atom. The molecule has 0 aliphatic rings. The lowest BCUT2D eigenvalue weighted by atomic mass is 10.1. The van der Waals surface area contributed by atoms with Gasteiger partial charge in [0, 0.05) is 11.6 Å². The molecule has 3 nitrogen and oxygen atoms in total. The predicted molar refractivity (Wildman–Crippen MR) is 68.2 cm³/mol. The summed E-state index contributed by atoms with van der Waals surface area (Å²) >= 11 is 0. The predicted octanol–water partition coefficient (Wildman–Crippen LogP) is 3.68. The first kappa shape index (κ1) is 14.0. The lowest BCUT2D eigenvalue weighted by Gasteiger charge is -2.13. The number of rotatable bonds is 3.